The third-order valence-corrected chi connectivity index (χ3v) is 3.85. The van der Waals surface area contributed by atoms with Crippen molar-refractivity contribution in [3.05, 3.63) is 54.1 Å². The Kier molecular flexibility index (Phi) is 4.85. The normalized spacial score (nSPS) is 11.8. The maximum atomic E-state index is 10.7. The second-order valence-corrected chi connectivity index (χ2v) is 5.28. The highest BCUT2D eigenvalue weighted by molar-refractivity contribution is 5.56. The average molecular weight is 341 g/mol. The SMILES string of the molecule is COc1cc(C(O)c2cnc(-c3ccncc3)[nH]2)cc(OC)c1OC. The van der Waals surface area contributed by atoms with Crippen molar-refractivity contribution in [2.45, 2.75) is 6.10 Å². The van der Waals surface area contributed by atoms with Gasteiger partial charge < -0.3 is 24.3 Å². The fourth-order valence-corrected chi connectivity index (χ4v) is 2.57. The second kappa shape index (κ2) is 7.23. The molecule has 130 valence electrons. The van der Waals surface area contributed by atoms with E-state index >= 15 is 0 Å². The Labute approximate surface area is 145 Å². The third kappa shape index (κ3) is 3.27. The molecule has 2 N–H and O–H groups in total. The van der Waals surface area contributed by atoms with Crippen molar-refractivity contribution in [3.8, 4) is 28.6 Å². The number of aromatic nitrogens is 3. The van der Waals surface area contributed by atoms with Gasteiger partial charge in [-0.05, 0) is 29.8 Å². The highest BCUT2D eigenvalue weighted by Gasteiger charge is 2.20. The molecule has 25 heavy (non-hydrogen) atoms. The molecule has 1 unspecified atom stereocenters. The first-order chi connectivity index (χ1) is 12.2. The molecule has 0 aliphatic rings. The number of hydrogen-bond acceptors (Lipinski definition) is 6. The zero-order chi connectivity index (χ0) is 17.8. The van der Waals surface area contributed by atoms with E-state index in [1.54, 1.807) is 30.7 Å². The van der Waals surface area contributed by atoms with E-state index in [1.165, 1.54) is 21.3 Å². The maximum absolute atomic E-state index is 10.7. The molecule has 1 aromatic carbocycles. The van der Waals surface area contributed by atoms with Crippen molar-refractivity contribution in [1.29, 1.82) is 0 Å². The van der Waals surface area contributed by atoms with Crippen LogP contribution in [0.5, 0.6) is 17.2 Å². The van der Waals surface area contributed by atoms with E-state index in [0.29, 0.717) is 34.3 Å². The van der Waals surface area contributed by atoms with E-state index in [-0.39, 0.29) is 0 Å². The summed E-state index contributed by atoms with van der Waals surface area (Å²) in [5.74, 6) is 2.08. The number of benzene rings is 1. The summed E-state index contributed by atoms with van der Waals surface area (Å²) in [5.41, 5.74) is 2.04. The van der Waals surface area contributed by atoms with Gasteiger partial charge in [0.25, 0.3) is 0 Å². The monoisotopic (exact) mass is 341 g/mol. The van der Waals surface area contributed by atoms with E-state index in [9.17, 15) is 5.11 Å². The highest BCUT2D eigenvalue weighted by atomic mass is 16.5. The first kappa shape index (κ1) is 16.8. The quantitative estimate of drug-likeness (QED) is 0.716. The highest BCUT2D eigenvalue weighted by Crippen LogP contribution is 2.40. The van der Waals surface area contributed by atoms with Crippen molar-refractivity contribution in [1.82, 2.24) is 15.0 Å². The molecule has 0 bridgehead atoms. The van der Waals surface area contributed by atoms with Gasteiger partial charge in [-0.1, -0.05) is 0 Å². The molecule has 2 heterocycles. The number of nitrogens with zero attached hydrogens (tertiary/aromatic N) is 2. The van der Waals surface area contributed by atoms with E-state index in [1.807, 2.05) is 12.1 Å². The van der Waals surface area contributed by atoms with Crippen LogP contribution in [0.4, 0.5) is 0 Å². The lowest BCUT2D eigenvalue weighted by Crippen LogP contribution is -2.03. The van der Waals surface area contributed by atoms with Crippen LogP contribution < -0.4 is 14.2 Å². The van der Waals surface area contributed by atoms with Gasteiger partial charge in [-0.25, -0.2) is 4.98 Å². The van der Waals surface area contributed by atoms with E-state index < -0.39 is 6.10 Å². The Hall–Kier alpha value is -3.06. The van der Waals surface area contributed by atoms with Crippen LogP contribution in [-0.4, -0.2) is 41.4 Å². The van der Waals surface area contributed by atoms with Gasteiger partial charge in [-0.2, -0.15) is 0 Å². The van der Waals surface area contributed by atoms with Gasteiger partial charge >= 0.3 is 0 Å². The Morgan fingerprint density at radius 2 is 1.64 bits per heavy atom. The molecule has 0 spiro atoms. The maximum Gasteiger partial charge on any atom is 0.203 e. The van der Waals surface area contributed by atoms with Gasteiger partial charge in [-0.15, -0.1) is 0 Å². The molecular weight excluding hydrogens is 322 g/mol. The molecule has 3 aromatic rings. The third-order valence-electron chi connectivity index (χ3n) is 3.85. The van der Waals surface area contributed by atoms with Crippen molar-refractivity contribution >= 4 is 0 Å². The molecule has 0 saturated heterocycles. The molecule has 7 heteroatoms. The largest absolute Gasteiger partial charge is 0.493 e. The number of pyridine rings is 1. The first-order valence-electron chi connectivity index (χ1n) is 7.61. The second-order valence-electron chi connectivity index (χ2n) is 5.28. The minimum Gasteiger partial charge on any atom is -0.493 e. The Morgan fingerprint density at radius 3 is 2.20 bits per heavy atom. The number of aromatic amines is 1. The summed E-state index contributed by atoms with van der Waals surface area (Å²) >= 11 is 0. The smallest absolute Gasteiger partial charge is 0.203 e. The van der Waals surface area contributed by atoms with Crippen molar-refractivity contribution in [2.24, 2.45) is 0 Å². The van der Waals surface area contributed by atoms with E-state index in [0.717, 1.165) is 5.56 Å². The molecule has 7 nitrogen and oxygen atoms in total. The summed E-state index contributed by atoms with van der Waals surface area (Å²) in [5, 5.41) is 10.7. The van der Waals surface area contributed by atoms with Crippen LogP contribution in [0.2, 0.25) is 0 Å². The minimum atomic E-state index is -0.920. The number of aliphatic hydroxyl groups is 1. The van der Waals surface area contributed by atoms with Gasteiger partial charge in [-0.3, -0.25) is 4.98 Å². The number of ether oxygens (including phenoxy) is 3. The Balaban J connectivity index is 1.96. The van der Waals surface area contributed by atoms with Crippen molar-refractivity contribution < 1.29 is 19.3 Å². The standard InChI is InChI=1S/C18H19N3O4/c1-23-14-8-12(9-15(24-2)17(14)25-3)16(22)13-10-20-18(21-13)11-4-6-19-7-5-11/h4-10,16,22H,1-3H3,(H,20,21). The molecule has 0 fully saturated rings. The minimum absolute atomic E-state index is 0.475. The predicted molar refractivity (Wildman–Crippen MR) is 92.0 cm³/mol. The van der Waals surface area contributed by atoms with Crippen LogP contribution in [0.25, 0.3) is 11.4 Å². The molecule has 0 radical (unpaired) electrons. The zero-order valence-electron chi connectivity index (χ0n) is 14.2. The van der Waals surface area contributed by atoms with Gasteiger partial charge in [0, 0.05) is 18.0 Å². The lowest BCUT2D eigenvalue weighted by atomic mass is 10.1. The van der Waals surface area contributed by atoms with Gasteiger partial charge in [0.15, 0.2) is 11.5 Å². The molecule has 2 aromatic heterocycles. The molecular formula is C18H19N3O4. The van der Waals surface area contributed by atoms with Crippen LogP contribution in [0.15, 0.2) is 42.9 Å². The number of H-pyrrole nitrogens is 1. The van der Waals surface area contributed by atoms with Crippen LogP contribution in [0.1, 0.15) is 17.4 Å². The molecule has 3 rings (SSSR count). The van der Waals surface area contributed by atoms with Crippen LogP contribution >= 0.6 is 0 Å². The topological polar surface area (TPSA) is 89.5 Å². The Bertz CT molecular complexity index is 824. The predicted octanol–water partition coefficient (Wildman–Crippen LogP) is 2.58. The molecule has 0 saturated carbocycles. The van der Waals surface area contributed by atoms with Gasteiger partial charge in [0.2, 0.25) is 5.75 Å². The summed E-state index contributed by atoms with van der Waals surface area (Å²) in [6.07, 6.45) is 4.06. The molecule has 0 aliphatic carbocycles. The van der Waals surface area contributed by atoms with Gasteiger partial charge in [0.1, 0.15) is 11.9 Å². The van der Waals surface area contributed by atoms with Gasteiger partial charge in [0.05, 0.1) is 33.2 Å². The van der Waals surface area contributed by atoms with Crippen molar-refractivity contribution in [2.75, 3.05) is 21.3 Å². The summed E-state index contributed by atoms with van der Waals surface area (Å²) in [7, 11) is 4.60. The number of aliphatic hydroxyl groups excluding tert-OH is 1. The summed E-state index contributed by atoms with van der Waals surface area (Å²) in [6.45, 7) is 0. The van der Waals surface area contributed by atoms with Crippen molar-refractivity contribution in [3.63, 3.8) is 0 Å². The van der Waals surface area contributed by atoms with Crippen LogP contribution in [0.3, 0.4) is 0 Å². The molecule has 1 atom stereocenters. The fraction of sp³-hybridized carbons (Fsp3) is 0.222. The zero-order valence-corrected chi connectivity index (χ0v) is 14.2. The summed E-state index contributed by atoms with van der Waals surface area (Å²) in [4.78, 5) is 11.4. The fourth-order valence-electron chi connectivity index (χ4n) is 2.57. The van der Waals surface area contributed by atoms with E-state index in [2.05, 4.69) is 15.0 Å². The number of rotatable bonds is 6. The lowest BCUT2D eigenvalue weighted by Gasteiger charge is -2.16. The first-order valence-corrected chi connectivity index (χ1v) is 7.61. The average Bonchev–Trinajstić information content (AvgIpc) is 3.17. The summed E-state index contributed by atoms with van der Waals surface area (Å²) < 4.78 is 16.0. The number of nitrogens with one attached hydrogen (secondary N) is 1. The van der Waals surface area contributed by atoms with Crippen LogP contribution in [0, 0.1) is 0 Å². The van der Waals surface area contributed by atoms with E-state index in [4.69, 9.17) is 14.2 Å². The lowest BCUT2D eigenvalue weighted by molar-refractivity contribution is 0.214. The molecule has 0 amide bonds. The molecule has 0 aliphatic heterocycles. The number of hydrogen-bond donors (Lipinski definition) is 2. The number of methoxy groups -OCH3 is 3. The summed E-state index contributed by atoms with van der Waals surface area (Å²) in [6, 6.07) is 7.10. The Morgan fingerprint density at radius 1 is 1.00 bits per heavy atom. The number of imidazole rings is 1. The van der Waals surface area contributed by atoms with Crippen LogP contribution in [-0.2, 0) is 0 Å².